The summed E-state index contributed by atoms with van der Waals surface area (Å²) in [4.78, 5) is 29.6. The zero-order valence-corrected chi connectivity index (χ0v) is 17.4. The lowest BCUT2D eigenvalue weighted by molar-refractivity contribution is -0.119. The maximum absolute atomic E-state index is 12.3. The Labute approximate surface area is 179 Å². The van der Waals surface area contributed by atoms with Crippen LogP contribution in [0.4, 0.5) is 5.69 Å². The van der Waals surface area contributed by atoms with E-state index in [1.165, 1.54) is 11.8 Å². The van der Waals surface area contributed by atoms with Gasteiger partial charge < -0.3 is 14.8 Å². The third-order valence-electron chi connectivity index (χ3n) is 4.00. The van der Waals surface area contributed by atoms with Crippen LogP contribution in [-0.4, -0.2) is 30.1 Å². The molecular weight excluding hydrogens is 400 g/mol. The molecule has 1 aromatic heterocycles. The first-order chi connectivity index (χ1) is 14.7. The predicted octanol–water partition coefficient (Wildman–Crippen LogP) is 4.57. The quantitative estimate of drug-likeness (QED) is 0.402. The Hall–Kier alpha value is -3.32. The van der Waals surface area contributed by atoms with Crippen LogP contribution in [0.25, 0.3) is 0 Å². The minimum atomic E-state index is -0.659. The van der Waals surface area contributed by atoms with Gasteiger partial charge in [0.2, 0.25) is 5.88 Å². The van der Waals surface area contributed by atoms with Crippen molar-refractivity contribution in [3.63, 3.8) is 0 Å². The molecule has 2 aromatic carbocycles. The highest BCUT2D eigenvalue weighted by Crippen LogP contribution is 2.29. The van der Waals surface area contributed by atoms with Crippen LogP contribution in [-0.2, 0) is 15.3 Å². The Bertz CT molecular complexity index is 995. The van der Waals surface area contributed by atoms with Gasteiger partial charge in [0.15, 0.2) is 6.61 Å². The molecule has 0 spiro atoms. The Morgan fingerprint density at radius 2 is 1.77 bits per heavy atom. The predicted molar refractivity (Wildman–Crippen MR) is 117 cm³/mol. The van der Waals surface area contributed by atoms with Gasteiger partial charge in [-0.1, -0.05) is 42.5 Å². The van der Waals surface area contributed by atoms with Crippen LogP contribution in [0.5, 0.6) is 5.88 Å². The molecule has 7 heteroatoms. The van der Waals surface area contributed by atoms with E-state index < -0.39 is 18.5 Å². The molecule has 1 amide bonds. The Balaban J connectivity index is 1.57. The number of carbonyl (C=O) groups is 2. The number of nitrogens with zero attached hydrogens (tertiary/aromatic N) is 1. The highest BCUT2D eigenvalue weighted by molar-refractivity contribution is 7.98. The van der Waals surface area contributed by atoms with Crippen molar-refractivity contribution in [3.8, 4) is 5.88 Å². The third kappa shape index (κ3) is 6.09. The van der Waals surface area contributed by atoms with E-state index in [-0.39, 0.29) is 11.4 Å². The van der Waals surface area contributed by atoms with Gasteiger partial charge >= 0.3 is 5.97 Å². The molecule has 0 bridgehead atoms. The fraction of sp³-hybridized carbons (Fsp3) is 0.174. The van der Waals surface area contributed by atoms with Gasteiger partial charge in [-0.25, -0.2) is 9.78 Å². The van der Waals surface area contributed by atoms with Gasteiger partial charge in [0.05, 0.1) is 12.3 Å². The number of rotatable bonds is 9. The number of para-hydroxylation sites is 1. The van der Waals surface area contributed by atoms with Gasteiger partial charge in [-0.2, -0.15) is 0 Å². The second-order valence-corrected chi connectivity index (χ2v) is 7.20. The van der Waals surface area contributed by atoms with Gasteiger partial charge in [0.25, 0.3) is 5.91 Å². The second-order valence-electron chi connectivity index (χ2n) is 6.18. The largest absolute Gasteiger partial charge is 0.477 e. The van der Waals surface area contributed by atoms with E-state index in [0.717, 1.165) is 10.6 Å². The van der Waals surface area contributed by atoms with Crippen molar-refractivity contribution >= 4 is 29.3 Å². The summed E-state index contributed by atoms with van der Waals surface area (Å²) in [7, 11) is 0. The summed E-state index contributed by atoms with van der Waals surface area (Å²) in [5.41, 5.74) is 2.06. The SMILES string of the molecule is CCOc1ncccc1C(=O)OCC(=O)Nc1ccccc1SCc1ccccc1. The fourth-order valence-corrected chi connectivity index (χ4v) is 3.59. The van der Waals surface area contributed by atoms with E-state index in [2.05, 4.69) is 22.4 Å². The molecule has 0 radical (unpaired) electrons. The lowest BCUT2D eigenvalue weighted by atomic mass is 10.2. The molecule has 6 nitrogen and oxygen atoms in total. The number of esters is 1. The summed E-state index contributed by atoms with van der Waals surface area (Å²) >= 11 is 1.62. The smallest absolute Gasteiger partial charge is 0.344 e. The molecular formula is C23H22N2O4S. The van der Waals surface area contributed by atoms with Crippen molar-refractivity contribution in [2.75, 3.05) is 18.5 Å². The van der Waals surface area contributed by atoms with Crippen LogP contribution >= 0.6 is 11.8 Å². The summed E-state index contributed by atoms with van der Waals surface area (Å²) in [5.74, 6) is -0.108. The number of pyridine rings is 1. The number of benzene rings is 2. The molecule has 0 atom stereocenters. The number of anilines is 1. The van der Waals surface area contributed by atoms with Crippen molar-refractivity contribution in [3.05, 3.63) is 84.1 Å². The lowest BCUT2D eigenvalue weighted by Gasteiger charge is -2.12. The van der Waals surface area contributed by atoms with Gasteiger partial charge in [0.1, 0.15) is 5.56 Å². The zero-order chi connectivity index (χ0) is 21.2. The summed E-state index contributed by atoms with van der Waals surface area (Å²) in [6, 6.07) is 20.8. The Morgan fingerprint density at radius 3 is 2.57 bits per heavy atom. The van der Waals surface area contributed by atoms with Gasteiger partial charge in [-0.3, -0.25) is 4.79 Å². The van der Waals surface area contributed by atoms with Crippen LogP contribution in [0, 0.1) is 0 Å². The van der Waals surface area contributed by atoms with E-state index in [1.807, 2.05) is 42.5 Å². The van der Waals surface area contributed by atoms with Crippen molar-refractivity contribution < 1.29 is 19.1 Å². The Morgan fingerprint density at radius 1 is 1.00 bits per heavy atom. The average molecular weight is 423 g/mol. The number of ether oxygens (including phenoxy) is 2. The molecule has 154 valence electrons. The average Bonchev–Trinajstić information content (AvgIpc) is 2.78. The first-order valence-corrected chi connectivity index (χ1v) is 10.5. The van der Waals surface area contributed by atoms with E-state index in [0.29, 0.717) is 12.3 Å². The summed E-state index contributed by atoms with van der Waals surface area (Å²) < 4.78 is 10.5. The van der Waals surface area contributed by atoms with E-state index in [4.69, 9.17) is 9.47 Å². The van der Waals surface area contributed by atoms with Crippen LogP contribution in [0.2, 0.25) is 0 Å². The molecule has 0 aliphatic carbocycles. The van der Waals surface area contributed by atoms with Gasteiger partial charge in [-0.05, 0) is 36.8 Å². The molecule has 0 aliphatic rings. The molecule has 0 fully saturated rings. The molecule has 1 heterocycles. The van der Waals surface area contributed by atoms with Crippen LogP contribution in [0.15, 0.2) is 77.8 Å². The van der Waals surface area contributed by atoms with E-state index in [1.54, 1.807) is 30.8 Å². The highest BCUT2D eigenvalue weighted by atomic mass is 32.2. The number of hydrogen-bond donors (Lipinski definition) is 1. The number of hydrogen-bond acceptors (Lipinski definition) is 6. The van der Waals surface area contributed by atoms with E-state index in [9.17, 15) is 9.59 Å². The highest BCUT2D eigenvalue weighted by Gasteiger charge is 2.17. The number of carbonyl (C=O) groups excluding carboxylic acids is 2. The number of nitrogens with one attached hydrogen (secondary N) is 1. The molecule has 3 rings (SSSR count). The van der Waals surface area contributed by atoms with Crippen LogP contribution in [0.1, 0.15) is 22.8 Å². The Kier molecular flexibility index (Phi) is 7.86. The topological polar surface area (TPSA) is 77.5 Å². The first kappa shape index (κ1) is 21.4. The normalized spacial score (nSPS) is 10.3. The number of thioether (sulfide) groups is 1. The minimum absolute atomic E-state index is 0.186. The molecule has 0 aliphatic heterocycles. The minimum Gasteiger partial charge on any atom is -0.477 e. The first-order valence-electron chi connectivity index (χ1n) is 9.48. The van der Waals surface area contributed by atoms with Crippen molar-refractivity contribution in [1.82, 2.24) is 4.98 Å². The summed E-state index contributed by atoms with van der Waals surface area (Å²) in [5, 5.41) is 2.81. The standard InChI is InChI=1S/C23H22N2O4S/c1-2-28-22-18(11-8-14-24-22)23(27)29-15-21(26)25-19-12-6-7-13-20(19)30-16-17-9-4-3-5-10-17/h3-14H,2,15-16H2,1H3,(H,25,26). The fourth-order valence-electron chi connectivity index (χ4n) is 2.62. The van der Waals surface area contributed by atoms with Crippen LogP contribution in [0.3, 0.4) is 0 Å². The number of aromatic nitrogens is 1. The monoisotopic (exact) mass is 422 g/mol. The van der Waals surface area contributed by atoms with Crippen LogP contribution < -0.4 is 10.1 Å². The molecule has 0 unspecified atom stereocenters. The zero-order valence-electron chi connectivity index (χ0n) is 16.5. The van der Waals surface area contributed by atoms with E-state index >= 15 is 0 Å². The molecule has 3 aromatic rings. The van der Waals surface area contributed by atoms with Crippen molar-refractivity contribution in [2.45, 2.75) is 17.6 Å². The molecule has 1 N–H and O–H groups in total. The molecule has 30 heavy (non-hydrogen) atoms. The van der Waals surface area contributed by atoms with Crippen molar-refractivity contribution in [1.29, 1.82) is 0 Å². The number of amides is 1. The molecule has 0 saturated carbocycles. The van der Waals surface area contributed by atoms with Crippen molar-refractivity contribution in [2.24, 2.45) is 0 Å². The maximum Gasteiger partial charge on any atom is 0.344 e. The molecule has 0 saturated heterocycles. The van der Waals surface area contributed by atoms with Gasteiger partial charge in [0, 0.05) is 16.8 Å². The summed E-state index contributed by atoms with van der Waals surface area (Å²) in [6.45, 7) is 1.76. The lowest BCUT2D eigenvalue weighted by Crippen LogP contribution is -2.21. The maximum atomic E-state index is 12.3. The second kappa shape index (κ2) is 11.0. The third-order valence-corrected chi connectivity index (χ3v) is 5.15. The van der Waals surface area contributed by atoms with Gasteiger partial charge in [-0.15, -0.1) is 11.8 Å². The summed E-state index contributed by atoms with van der Waals surface area (Å²) in [6.07, 6.45) is 1.53.